The summed E-state index contributed by atoms with van der Waals surface area (Å²) in [6, 6.07) is 14.9. The molecule has 3 rings (SSSR count). The van der Waals surface area contributed by atoms with Crippen LogP contribution in [0.2, 0.25) is 20.1 Å². The molecule has 9 heteroatoms. The number of benzene rings is 2. The standard InChI is InChI=1S/C21H15Cl4N3O2/c22-14-4-1-5-15(23)12(14)10-20(29)27-18-8-3-9-19(26-18)28-21(30)11-13-16(24)6-2-7-17(13)25/h1-9H,10-11H2,(H2,26,27,28,29,30). The molecule has 0 saturated carbocycles. The van der Waals surface area contributed by atoms with E-state index in [-0.39, 0.29) is 36.3 Å². The Morgan fingerprint density at radius 1 is 0.633 bits per heavy atom. The van der Waals surface area contributed by atoms with Crippen molar-refractivity contribution in [2.45, 2.75) is 12.8 Å². The predicted molar refractivity (Wildman–Crippen MR) is 122 cm³/mol. The summed E-state index contributed by atoms with van der Waals surface area (Å²) in [4.78, 5) is 28.9. The number of halogens is 4. The molecule has 0 atom stereocenters. The van der Waals surface area contributed by atoms with Gasteiger partial charge in [0.2, 0.25) is 11.8 Å². The van der Waals surface area contributed by atoms with Gasteiger partial charge >= 0.3 is 0 Å². The monoisotopic (exact) mass is 481 g/mol. The first-order chi connectivity index (χ1) is 14.3. The number of nitrogens with one attached hydrogen (secondary N) is 2. The number of rotatable bonds is 6. The largest absolute Gasteiger partial charge is 0.310 e. The molecule has 0 unspecified atom stereocenters. The molecule has 0 fully saturated rings. The van der Waals surface area contributed by atoms with E-state index in [4.69, 9.17) is 46.4 Å². The maximum atomic E-state index is 12.4. The lowest BCUT2D eigenvalue weighted by Crippen LogP contribution is -2.18. The molecule has 2 amide bonds. The summed E-state index contributed by atoms with van der Waals surface area (Å²) in [6.45, 7) is 0. The highest BCUT2D eigenvalue weighted by atomic mass is 35.5. The van der Waals surface area contributed by atoms with Gasteiger partial charge in [-0.05, 0) is 47.5 Å². The van der Waals surface area contributed by atoms with Crippen LogP contribution in [0.3, 0.4) is 0 Å². The van der Waals surface area contributed by atoms with Gasteiger partial charge in [0.15, 0.2) is 0 Å². The van der Waals surface area contributed by atoms with Crippen molar-refractivity contribution in [1.29, 1.82) is 0 Å². The molecule has 3 aromatic rings. The lowest BCUT2D eigenvalue weighted by Gasteiger charge is -2.10. The van der Waals surface area contributed by atoms with Crippen LogP contribution in [0.5, 0.6) is 0 Å². The zero-order chi connectivity index (χ0) is 21.7. The minimum absolute atomic E-state index is 0.0121. The Bertz CT molecular complexity index is 982. The topological polar surface area (TPSA) is 71.1 Å². The van der Waals surface area contributed by atoms with Gasteiger partial charge in [-0.2, -0.15) is 0 Å². The van der Waals surface area contributed by atoms with Crippen LogP contribution in [0.25, 0.3) is 0 Å². The van der Waals surface area contributed by atoms with Gasteiger partial charge in [0.1, 0.15) is 11.6 Å². The van der Waals surface area contributed by atoms with Crippen LogP contribution in [0.15, 0.2) is 54.6 Å². The fourth-order valence-electron chi connectivity index (χ4n) is 2.67. The fourth-order valence-corrected chi connectivity index (χ4v) is 3.73. The summed E-state index contributed by atoms with van der Waals surface area (Å²) in [7, 11) is 0. The molecule has 0 aliphatic carbocycles. The highest BCUT2D eigenvalue weighted by Crippen LogP contribution is 2.26. The Balaban J connectivity index is 1.64. The number of aromatic nitrogens is 1. The van der Waals surface area contributed by atoms with Gasteiger partial charge in [-0.15, -0.1) is 0 Å². The van der Waals surface area contributed by atoms with E-state index < -0.39 is 0 Å². The first kappa shape index (κ1) is 22.4. The molecule has 5 nitrogen and oxygen atoms in total. The van der Waals surface area contributed by atoms with Crippen LogP contribution in [0.1, 0.15) is 11.1 Å². The zero-order valence-corrected chi connectivity index (χ0v) is 18.4. The molecule has 0 spiro atoms. The van der Waals surface area contributed by atoms with Crippen molar-refractivity contribution in [3.63, 3.8) is 0 Å². The van der Waals surface area contributed by atoms with E-state index in [0.29, 0.717) is 31.2 Å². The Morgan fingerprint density at radius 2 is 0.967 bits per heavy atom. The number of anilines is 2. The second kappa shape index (κ2) is 10.1. The molecule has 2 N–H and O–H groups in total. The van der Waals surface area contributed by atoms with E-state index in [1.807, 2.05) is 0 Å². The molecular weight excluding hydrogens is 468 g/mol. The highest BCUT2D eigenvalue weighted by Gasteiger charge is 2.14. The smallest absolute Gasteiger partial charge is 0.230 e. The van der Waals surface area contributed by atoms with Crippen molar-refractivity contribution >= 4 is 69.9 Å². The average Bonchev–Trinajstić information content (AvgIpc) is 2.68. The summed E-state index contributed by atoms with van der Waals surface area (Å²) in [6.07, 6.45) is -0.0242. The fraction of sp³-hybridized carbons (Fsp3) is 0.0952. The predicted octanol–water partition coefficient (Wildman–Crippen LogP) is 6.06. The van der Waals surface area contributed by atoms with E-state index in [2.05, 4.69) is 15.6 Å². The van der Waals surface area contributed by atoms with Crippen LogP contribution in [-0.4, -0.2) is 16.8 Å². The molecule has 2 aromatic carbocycles. The number of pyridine rings is 1. The molecule has 1 heterocycles. The van der Waals surface area contributed by atoms with Gasteiger partial charge in [0.25, 0.3) is 0 Å². The first-order valence-corrected chi connectivity index (χ1v) is 10.3. The van der Waals surface area contributed by atoms with Crippen LogP contribution in [-0.2, 0) is 22.4 Å². The van der Waals surface area contributed by atoms with Crippen molar-refractivity contribution in [3.05, 3.63) is 85.8 Å². The molecule has 0 radical (unpaired) electrons. The van der Waals surface area contributed by atoms with Crippen molar-refractivity contribution in [2.24, 2.45) is 0 Å². The maximum Gasteiger partial charge on any atom is 0.230 e. The quantitative estimate of drug-likeness (QED) is 0.448. The van der Waals surface area contributed by atoms with Crippen LogP contribution in [0, 0.1) is 0 Å². The number of hydrogen-bond donors (Lipinski definition) is 2. The van der Waals surface area contributed by atoms with Crippen molar-refractivity contribution in [3.8, 4) is 0 Å². The van der Waals surface area contributed by atoms with Gasteiger partial charge in [-0.3, -0.25) is 9.59 Å². The molecule has 0 saturated heterocycles. The summed E-state index contributed by atoms with van der Waals surface area (Å²) in [5.74, 6) is -0.138. The van der Waals surface area contributed by atoms with Crippen LogP contribution in [0.4, 0.5) is 11.6 Å². The second-order valence-electron chi connectivity index (χ2n) is 6.26. The molecule has 154 valence electrons. The highest BCUT2D eigenvalue weighted by molar-refractivity contribution is 6.37. The maximum absolute atomic E-state index is 12.4. The van der Waals surface area contributed by atoms with Crippen molar-refractivity contribution < 1.29 is 9.59 Å². The number of hydrogen-bond acceptors (Lipinski definition) is 3. The molecule has 0 aliphatic rings. The number of amides is 2. The van der Waals surface area contributed by atoms with Gasteiger partial charge in [-0.1, -0.05) is 64.6 Å². The minimum Gasteiger partial charge on any atom is -0.310 e. The summed E-state index contributed by atoms with van der Waals surface area (Å²) in [5, 5.41) is 6.96. The Hall–Kier alpha value is -2.31. The third kappa shape index (κ3) is 5.86. The van der Waals surface area contributed by atoms with Gasteiger partial charge in [0.05, 0.1) is 12.8 Å². The van der Waals surface area contributed by atoms with Crippen molar-refractivity contribution in [1.82, 2.24) is 4.98 Å². The minimum atomic E-state index is -0.344. The van der Waals surface area contributed by atoms with E-state index >= 15 is 0 Å². The normalized spacial score (nSPS) is 10.5. The van der Waals surface area contributed by atoms with Gasteiger partial charge in [-0.25, -0.2) is 4.98 Å². The Labute approximate surface area is 193 Å². The lowest BCUT2D eigenvalue weighted by atomic mass is 10.1. The SMILES string of the molecule is O=C(Cc1c(Cl)cccc1Cl)Nc1cccc(NC(=O)Cc2c(Cl)cccc2Cl)n1. The van der Waals surface area contributed by atoms with Crippen LogP contribution >= 0.6 is 46.4 Å². The second-order valence-corrected chi connectivity index (χ2v) is 7.89. The van der Waals surface area contributed by atoms with E-state index in [1.165, 1.54) is 0 Å². The number of carbonyl (C=O) groups excluding carboxylic acids is 2. The van der Waals surface area contributed by atoms with E-state index in [9.17, 15) is 9.59 Å². The summed E-state index contributed by atoms with van der Waals surface area (Å²) in [5.41, 5.74) is 1.05. The van der Waals surface area contributed by atoms with Crippen molar-refractivity contribution in [2.75, 3.05) is 10.6 Å². The van der Waals surface area contributed by atoms with Gasteiger partial charge in [0, 0.05) is 20.1 Å². The van der Waals surface area contributed by atoms with E-state index in [0.717, 1.165) is 0 Å². The summed E-state index contributed by atoms with van der Waals surface area (Å²) < 4.78 is 0. The summed E-state index contributed by atoms with van der Waals surface area (Å²) >= 11 is 24.4. The number of carbonyl (C=O) groups is 2. The third-order valence-corrected chi connectivity index (χ3v) is 5.50. The zero-order valence-electron chi connectivity index (χ0n) is 15.4. The molecular formula is C21H15Cl4N3O2. The Morgan fingerprint density at radius 3 is 1.33 bits per heavy atom. The molecule has 30 heavy (non-hydrogen) atoms. The first-order valence-electron chi connectivity index (χ1n) is 8.76. The van der Waals surface area contributed by atoms with Crippen LogP contribution < -0.4 is 10.6 Å². The van der Waals surface area contributed by atoms with Gasteiger partial charge < -0.3 is 10.6 Å². The lowest BCUT2D eigenvalue weighted by molar-refractivity contribution is -0.116. The molecule has 0 bridgehead atoms. The Kier molecular flexibility index (Phi) is 7.56. The number of nitrogens with zero attached hydrogens (tertiary/aromatic N) is 1. The molecule has 1 aromatic heterocycles. The third-order valence-electron chi connectivity index (χ3n) is 4.08. The average molecular weight is 483 g/mol. The van der Waals surface area contributed by atoms with E-state index in [1.54, 1.807) is 54.6 Å². The molecule has 0 aliphatic heterocycles.